The molecule has 0 fully saturated rings. The molecule has 0 bridgehead atoms. The van der Waals surface area contributed by atoms with Crippen LogP contribution in [-0.2, 0) is 9.59 Å². The van der Waals surface area contributed by atoms with Crippen molar-refractivity contribution >= 4 is 39.3 Å². The SMILES string of the molecule is Cc1ccc(C(=O)NC(C(=O)NCC(=O)Nc2ccc(Br)cc2C)C(C)C)cc1. The van der Waals surface area contributed by atoms with E-state index in [1.807, 2.05) is 52.0 Å². The maximum absolute atomic E-state index is 12.6. The first-order valence-electron chi connectivity index (χ1n) is 9.38. The van der Waals surface area contributed by atoms with Crippen LogP contribution in [-0.4, -0.2) is 30.3 Å². The maximum Gasteiger partial charge on any atom is 0.251 e. The van der Waals surface area contributed by atoms with Gasteiger partial charge >= 0.3 is 0 Å². The van der Waals surface area contributed by atoms with Crippen molar-refractivity contribution in [1.29, 1.82) is 0 Å². The van der Waals surface area contributed by atoms with Crippen LogP contribution >= 0.6 is 15.9 Å². The molecule has 2 aromatic rings. The van der Waals surface area contributed by atoms with Gasteiger partial charge in [-0.3, -0.25) is 14.4 Å². The van der Waals surface area contributed by atoms with Crippen molar-refractivity contribution < 1.29 is 14.4 Å². The Kier molecular flexibility index (Phi) is 7.96. The zero-order chi connectivity index (χ0) is 21.6. The summed E-state index contributed by atoms with van der Waals surface area (Å²) in [5, 5.41) is 8.13. The van der Waals surface area contributed by atoms with Gasteiger partial charge in [0.1, 0.15) is 6.04 Å². The molecule has 7 heteroatoms. The molecule has 3 N–H and O–H groups in total. The molecule has 0 spiro atoms. The van der Waals surface area contributed by atoms with Crippen LogP contribution in [0.3, 0.4) is 0 Å². The summed E-state index contributed by atoms with van der Waals surface area (Å²) in [7, 11) is 0. The van der Waals surface area contributed by atoms with Crippen LogP contribution in [0, 0.1) is 19.8 Å². The van der Waals surface area contributed by atoms with E-state index in [2.05, 4.69) is 31.9 Å². The smallest absolute Gasteiger partial charge is 0.251 e. The Morgan fingerprint density at radius 1 is 1.00 bits per heavy atom. The van der Waals surface area contributed by atoms with E-state index in [0.717, 1.165) is 15.6 Å². The molecule has 1 unspecified atom stereocenters. The van der Waals surface area contributed by atoms with Crippen LogP contribution < -0.4 is 16.0 Å². The van der Waals surface area contributed by atoms with Gasteiger partial charge in [-0.2, -0.15) is 0 Å². The normalized spacial score (nSPS) is 11.7. The first-order chi connectivity index (χ1) is 13.7. The van der Waals surface area contributed by atoms with Gasteiger partial charge < -0.3 is 16.0 Å². The predicted molar refractivity (Wildman–Crippen MR) is 118 cm³/mol. The molecule has 0 heterocycles. The molecule has 0 aromatic heterocycles. The number of anilines is 1. The Morgan fingerprint density at radius 3 is 2.24 bits per heavy atom. The van der Waals surface area contributed by atoms with Gasteiger partial charge in [0.05, 0.1) is 6.54 Å². The van der Waals surface area contributed by atoms with Crippen LogP contribution in [0.5, 0.6) is 0 Å². The molecule has 0 aliphatic rings. The zero-order valence-corrected chi connectivity index (χ0v) is 18.6. The minimum absolute atomic E-state index is 0.138. The van der Waals surface area contributed by atoms with Crippen molar-refractivity contribution in [3.05, 3.63) is 63.6 Å². The molecule has 154 valence electrons. The van der Waals surface area contributed by atoms with Gasteiger partial charge in [-0.15, -0.1) is 0 Å². The fourth-order valence-corrected chi connectivity index (χ4v) is 3.18. The number of hydrogen-bond donors (Lipinski definition) is 3. The molecule has 3 amide bonds. The number of hydrogen-bond acceptors (Lipinski definition) is 3. The second-order valence-electron chi connectivity index (χ2n) is 7.29. The van der Waals surface area contributed by atoms with E-state index in [-0.39, 0.29) is 24.3 Å². The van der Waals surface area contributed by atoms with E-state index < -0.39 is 11.9 Å². The minimum atomic E-state index is -0.744. The Labute approximate surface area is 179 Å². The highest BCUT2D eigenvalue weighted by atomic mass is 79.9. The van der Waals surface area contributed by atoms with Crippen molar-refractivity contribution in [3.63, 3.8) is 0 Å². The highest BCUT2D eigenvalue weighted by molar-refractivity contribution is 9.10. The fraction of sp³-hybridized carbons (Fsp3) is 0.318. The van der Waals surface area contributed by atoms with Crippen LogP contribution in [0.4, 0.5) is 5.69 Å². The number of carbonyl (C=O) groups excluding carboxylic acids is 3. The molecule has 2 aromatic carbocycles. The molecule has 1 atom stereocenters. The lowest BCUT2D eigenvalue weighted by molar-refractivity contribution is -0.126. The van der Waals surface area contributed by atoms with E-state index >= 15 is 0 Å². The van der Waals surface area contributed by atoms with Gasteiger partial charge in [0, 0.05) is 15.7 Å². The van der Waals surface area contributed by atoms with Gasteiger partial charge in [0.2, 0.25) is 11.8 Å². The number of halogens is 1. The van der Waals surface area contributed by atoms with Gasteiger partial charge in [-0.05, 0) is 55.7 Å². The summed E-state index contributed by atoms with van der Waals surface area (Å²) in [6, 6.07) is 11.9. The van der Waals surface area contributed by atoms with Gasteiger partial charge in [-0.1, -0.05) is 47.5 Å². The number of nitrogens with one attached hydrogen (secondary N) is 3. The topological polar surface area (TPSA) is 87.3 Å². The standard InChI is InChI=1S/C22H26BrN3O3/c1-13(2)20(26-21(28)16-7-5-14(3)6-8-16)22(29)24-12-19(27)25-18-10-9-17(23)11-15(18)4/h5-11,13,20H,12H2,1-4H3,(H,24,29)(H,25,27)(H,26,28). The molecule has 0 saturated heterocycles. The van der Waals surface area contributed by atoms with Crippen LogP contribution in [0.1, 0.15) is 35.3 Å². The van der Waals surface area contributed by atoms with Crippen molar-refractivity contribution in [2.45, 2.75) is 33.7 Å². The Morgan fingerprint density at radius 2 is 1.66 bits per heavy atom. The third-order valence-corrected chi connectivity index (χ3v) is 4.93. The van der Waals surface area contributed by atoms with E-state index in [4.69, 9.17) is 0 Å². The molecule has 6 nitrogen and oxygen atoms in total. The third kappa shape index (κ3) is 6.71. The van der Waals surface area contributed by atoms with Crippen molar-refractivity contribution in [1.82, 2.24) is 10.6 Å². The molecule has 29 heavy (non-hydrogen) atoms. The lowest BCUT2D eigenvalue weighted by Crippen LogP contribution is -2.51. The molecule has 0 radical (unpaired) electrons. The highest BCUT2D eigenvalue weighted by Crippen LogP contribution is 2.19. The average Bonchev–Trinajstić information content (AvgIpc) is 2.66. The van der Waals surface area contributed by atoms with E-state index in [9.17, 15) is 14.4 Å². The third-order valence-electron chi connectivity index (χ3n) is 4.44. The Balaban J connectivity index is 1.94. The molecule has 0 aliphatic heterocycles. The second-order valence-corrected chi connectivity index (χ2v) is 8.20. The van der Waals surface area contributed by atoms with Gasteiger partial charge in [0.15, 0.2) is 0 Å². The number of benzene rings is 2. The van der Waals surface area contributed by atoms with Crippen molar-refractivity contribution in [2.24, 2.45) is 5.92 Å². The summed E-state index contributed by atoms with van der Waals surface area (Å²) in [6.07, 6.45) is 0. The Hall–Kier alpha value is -2.67. The summed E-state index contributed by atoms with van der Waals surface area (Å²) in [4.78, 5) is 37.2. The average molecular weight is 460 g/mol. The molecular weight excluding hydrogens is 434 g/mol. The first-order valence-corrected chi connectivity index (χ1v) is 10.2. The number of amides is 3. The summed E-state index contributed by atoms with van der Waals surface area (Å²) < 4.78 is 0.922. The largest absolute Gasteiger partial charge is 0.345 e. The molecule has 0 saturated carbocycles. The van der Waals surface area contributed by atoms with E-state index in [0.29, 0.717) is 11.3 Å². The van der Waals surface area contributed by atoms with E-state index in [1.165, 1.54) is 0 Å². The lowest BCUT2D eigenvalue weighted by atomic mass is 10.0. The number of rotatable bonds is 7. The molecular formula is C22H26BrN3O3. The number of carbonyl (C=O) groups is 3. The summed E-state index contributed by atoms with van der Waals surface area (Å²) in [5.41, 5.74) is 3.12. The van der Waals surface area contributed by atoms with Crippen LogP contribution in [0.15, 0.2) is 46.9 Å². The zero-order valence-electron chi connectivity index (χ0n) is 17.0. The lowest BCUT2D eigenvalue weighted by Gasteiger charge is -2.21. The quantitative estimate of drug-likeness (QED) is 0.591. The fourth-order valence-electron chi connectivity index (χ4n) is 2.70. The molecule has 2 rings (SSSR count). The minimum Gasteiger partial charge on any atom is -0.345 e. The summed E-state index contributed by atoms with van der Waals surface area (Å²) in [6.45, 7) is 7.31. The second kappa shape index (κ2) is 10.2. The van der Waals surface area contributed by atoms with Gasteiger partial charge in [0.25, 0.3) is 5.91 Å². The van der Waals surface area contributed by atoms with Crippen molar-refractivity contribution in [2.75, 3.05) is 11.9 Å². The Bertz CT molecular complexity index is 895. The maximum atomic E-state index is 12.6. The number of aryl methyl sites for hydroxylation is 2. The summed E-state index contributed by atoms with van der Waals surface area (Å²) >= 11 is 3.38. The summed E-state index contributed by atoms with van der Waals surface area (Å²) in [5.74, 6) is -1.20. The highest BCUT2D eigenvalue weighted by Gasteiger charge is 2.25. The van der Waals surface area contributed by atoms with E-state index in [1.54, 1.807) is 18.2 Å². The molecule has 0 aliphatic carbocycles. The van der Waals surface area contributed by atoms with Crippen LogP contribution in [0.25, 0.3) is 0 Å². The van der Waals surface area contributed by atoms with Crippen molar-refractivity contribution in [3.8, 4) is 0 Å². The monoisotopic (exact) mass is 459 g/mol. The predicted octanol–water partition coefficient (Wildman–Crippen LogP) is 3.58. The van der Waals surface area contributed by atoms with Crippen LogP contribution in [0.2, 0.25) is 0 Å². The first kappa shape index (κ1) is 22.6. The van der Waals surface area contributed by atoms with Gasteiger partial charge in [-0.25, -0.2) is 0 Å².